The maximum Gasteiger partial charge on any atom is 0.270 e. The van der Waals surface area contributed by atoms with Crippen molar-refractivity contribution in [2.24, 2.45) is 23.2 Å². The summed E-state index contributed by atoms with van der Waals surface area (Å²) in [7, 11) is 0. The quantitative estimate of drug-likeness (QED) is 0.629. The lowest BCUT2D eigenvalue weighted by Crippen LogP contribution is -2.55. The van der Waals surface area contributed by atoms with Gasteiger partial charge in [-0.25, -0.2) is 0 Å². The summed E-state index contributed by atoms with van der Waals surface area (Å²) >= 11 is 6.11. The second-order valence-corrected chi connectivity index (χ2v) is 8.80. The number of nitro benzene ring substituents is 1. The number of carbonyl (C=O) groups excluding carboxylic acids is 1. The molecule has 4 aliphatic rings. The van der Waals surface area contributed by atoms with E-state index in [0.29, 0.717) is 5.56 Å². The van der Waals surface area contributed by atoms with Crippen molar-refractivity contribution in [3.8, 4) is 0 Å². The summed E-state index contributed by atoms with van der Waals surface area (Å²) in [5.74, 6) is 2.25. The van der Waals surface area contributed by atoms with Crippen LogP contribution in [0.15, 0.2) is 18.2 Å². The SMILES string of the molecule is CC(NC(=O)c1ccc([N+](=O)[O-])cc1Cl)C12CC3CC(CC(C3)C1)C2. The molecule has 1 unspecified atom stereocenters. The van der Waals surface area contributed by atoms with E-state index in [1.165, 1.54) is 56.7 Å². The molecule has 4 bridgehead atoms. The Morgan fingerprint density at radius 2 is 1.80 bits per heavy atom. The van der Waals surface area contributed by atoms with Gasteiger partial charge in [0, 0.05) is 18.2 Å². The minimum atomic E-state index is -0.508. The normalized spacial score (nSPS) is 33.9. The average molecular weight is 363 g/mol. The van der Waals surface area contributed by atoms with E-state index in [4.69, 9.17) is 11.6 Å². The topological polar surface area (TPSA) is 72.2 Å². The highest BCUT2D eigenvalue weighted by Gasteiger charge is 2.53. The first-order valence-corrected chi connectivity index (χ1v) is 9.49. The number of benzene rings is 1. The zero-order valence-corrected chi connectivity index (χ0v) is 15.1. The summed E-state index contributed by atoms with van der Waals surface area (Å²) in [4.78, 5) is 23.0. The molecule has 1 N–H and O–H groups in total. The maximum atomic E-state index is 12.7. The van der Waals surface area contributed by atoms with E-state index >= 15 is 0 Å². The Hall–Kier alpha value is -1.62. The Morgan fingerprint density at radius 3 is 2.28 bits per heavy atom. The number of nitrogens with zero attached hydrogens (tertiary/aromatic N) is 1. The van der Waals surface area contributed by atoms with Crippen molar-refractivity contribution in [2.75, 3.05) is 0 Å². The number of carbonyl (C=O) groups is 1. The summed E-state index contributed by atoms with van der Waals surface area (Å²) in [5, 5.41) is 14.1. The fourth-order valence-electron chi connectivity index (χ4n) is 5.94. The lowest BCUT2D eigenvalue weighted by atomic mass is 9.48. The van der Waals surface area contributed by atoms with Gasteiger partial charge in [-0.2, -0.15) is 0 Å². The summed E-state index contributed by atoms with van der Waals surface area (Å²) in [6.07, 6.45) is 7.76. The molecule has 0 spiro atoms. The molecule has 0 aliphatic heterocycles. The van der Waals surface area contributed by atoms with E-state index in [2.05, 4.69) is 12.2 Å². The van der Waals surface area contributed by atoms with Crippen LogP contribution in [-0.2, 0) is 0 Å². The molecule has 25 heavy (non-hydrogen) atoms. The van der Waals surface area contributed by atoms with Gasteiger partial charge in [-0.3, -0.25) is 14.9 Å². The molecule has 4 aliphatic carbocycles. The van der Waals surface area contributed by atoms with Crippen molar-refractivity contribution < 1.29 is 9.72 Å². The molecular weight excluding hydrogens is 340 g/mol. The number of hydrogen-bond donors (Lipinski definition) is 1. The highest BCUT2D eigenvalue weighted by molar-refractivity contribution is 6.34. The summed E-state index contributed by atoms with van der Waals surface area (Å²) < 4.78 is 0. The van der Waals surface area contributed by atoms with Crippen LogP contribution in [-0.4, -0.2) is 16.9 Å². The summed E-state index contributed by atoms with van der Waals surface area (Å²) in [6.45, 7) is 2.12. The van der Waals surface area contributed by atoms with Crippen molar-refractivity contribution in [3.05, 3.63) is 38.9 Å². The van der Waals surface area contributed by atoms with E-state index in [9.17, 15) is 14.9 Å². The Kier molecular flexibility index (Phi) is 4.02. The molecule has 1 aromatic rings. The second kappa shape index (κ2) is 5.97. The minimum Gasteiger partial charge on any atom is -0.349 e. The molecule has 0 saturated heterocycles. The van der Waals surface area contributed by atoms with Gasteiger partial charge in [0.05, 0.1) is 15.5 Å². The van der Waals surface area contributed by atoms with E-state index < -0.39 is 4.92 Å². The lowest BCUT2D eigenvalue weighted by Gasteiger charge is -2.59. The standard InChI is InChI=1S/C19H23ClN2O3/c1-11(19-8-12-4-13(9-19)6-14(5-12)10-19)21-18(23)16-3-2-15(22(24)25)7-17(16)20/h2-3,7,11-14H,4-6,8-10H2,1H3,(H,21,23). The Balaban J connectivity index is 1.50. The first-order valence-electron chi connectivity index (χ1n) is 9.11. The third-order valence-corrected chi connectivity index (χ3v) is 7.07. The molecule has 4 saturated carbocycles. The van der Waals surface area contributed by atoms with Crippen LogP contribution in [0, 0.1) is 33.3 Å². The predicted molar refractivity (Wildman–Crippen MR) is 95.6 cm³/mol. The zero-order valence-electron chi connectivity index (χ0n) is 14.3. The number of nitrogens with one attached hydrogen (secondary N) is 1. The van der Waals surface area contributed by atoms with Gasteiger partial charge >= 0.3 is 0 Å². The molecule has 1 amide bonds. The monoisotopic (exact) mass is 362 g/mol. The number of non-ortho nitro benzene ring substituents is 1. The van der Waals surface area contributed by atoms with E-state index in [1.54, 1.807) is 0 Å². The predicted octanol–water partition coefficient (Wildman–Crippen LogP) is 4.58. The van der Waals surface area contributed by atoms with Gasteiger partial charge in [0.2, 0.25) is 0 Å². The van der Waals surface area contributed by atoms with E-state index in [0.717, 1.165) is 17.8 Å². The zero-order chi connectivity index (χ0) is 17.8. The van der Waals surface area contributed by atoms with Crippen LogP contribution in [0.2, 0.25) is 5.02 Å². The van der Waals surface area contributed by atoms with Gasteiger partial charge in [0.25, 0.3) is 11.6 Å². The van der Waals surface area contributed by atoms with Crippen LogP contribution >= 0.6 is 11.6 Å². The molecule has 0 heterocycles. The molecule has 0 radical (unpaired) electrons. The Morgan fingerprint density at radius 1 is 1.24 bits per heavy atom. The molecular formula is C19H23ClN2O3. The van der Waals surface area contributed by atoms with Crippen LogP contribution in [0.25, 0.3) is 0 Å². The third kappa shape index (κ3) is 2.92. The molecule has 0 aromatic heterocycles. The average Bonchev–Trinajstić information content (AvgIpc) is 2.53. The summed E-state index contributed by atoms with van der Waals surface area (Å²) in [6, 6.07) is 4.12. The van der Waals surface area contributed by atoms with Crippen LogP contribution in [0.5, 0.6) is 0 Å². The van der Waals surface area contributed by atoms with Crippen molar-refractivity contribution in [2.45, 2.75) is 51.5 Å². The second-order valence-electron chi connectivity index (χ2n) is 8.40. The maximum absolute atomic E-state index is 12.7. The smallest absolute Gasteiger partial charge is 0.270 e. The molecule has 5 rings (SSSR count). The van der Waals surface area contributed by atoms with E-state index in [1.807, 2.05) is 0 Å². The molecule has 4 fully saturated rings. The Labute approximate surface area is 152 Å². The largest absolute Gasteiger partial charge is 0.349 e. The van der Waals surface area contributed by atoms with E-state index in [-0.39, 0.29) is 28.1 Å². The highest BCUT2D eigenvalue weighted by atomic mass is 35.5. The van der Waals surface area contributed by atoms with Crippen molar-refractivity contribution in [1.29, 1.82) is 0 Å². The van der Waals surface area contributed by atoms with Crippen molar-refractivity contribution >= 4 is 23.2 Å². The number of nitro groups is 1. The molecule has 5 nitrogen and oxygen atoms in total. The summed E-state index contributed by atoms with van der Waals surface area (Å²) in [5.41, 5.74) is 0.428. The third-order valence-electron chi connectivity index (χ3n) is 6.76. The van der Waals surface area contributed by atoms with Crippen LogP contribution in [0.4, 0.5) is 5.69 Å². The molecule has 6 heteroatoms. The number of hydrogen-bond acceptors (Lipinski definition) is 3. The Bertz CT molecular complexity index is 698. The van der Waals surface area contributed by atoms with Gasteiger partial charge in [0.1, 0.15) is 0 Å². The minimum absolute atomic E-state index is 0.0969. The fraction of sp³-hybridized carbons (Fsp3) is 0.632. The van der Waals surface area contributed by atoms with Gasteiger partial charge in [0.15, 0.2) is 0 Å². The fourth-order valence-corrected chi connectivity index (χ4v) is 6.20. The van der Waals surface area contributed by atoms with Crippen molar-refractivity contribution in [1.82, 2.24) is 5.32 Å². The number of rotatable bonds is 4. The first-order chi connectivity index (χ1) is 11.9. The van der Waals surface area contributed by atoms with Gasteiger partial charge in [-0.05, 0) is 74.7 Å². The van der Waals surface area contributed by atoms with Crippen LogP contribution < -0.4 is 5.32 Å². The molecule has 1 aromatic carbocycles. The highest BCUT2D eigenvalue weighted by Crippen LogP contribution is 2.61. The van der Waals surface area contributed by atoms with Gasteiger partial charge in [-0.15, -0.1) is 0 Å². The lowest BCUT2D eigenvalue weighted by molar-refractivity contribution is -0.384. The number of amides is 1. The van der Waals surface area contributed by atoms with Crippen LogP contribution in [0.1, 0.15) is 55.8 Å². The molecule has 1 atom stereocenters. The number of halogens is 1. The first kappa shape index (κ1) is 16.8. The van der Waals surface area contributed by atoms with Crippen molar-refractivity contribution in [3.63, 3.8) is 0 Å². The van der Waals surface area contributed by atoms with Crippen LogP contribution in [0.3, 0.4) is 0 Å². The molecule has 134 valence electrons. The van der Waals surface area contributed by atoms with Gasteiger partial charge < -0.3 is 5.32 Å². The van der Waals surface area contributed by atoms with Gasteiger partial charge in [-0.1, -0.05) is 11.6 Å².